The minimum absolute atomic E-state index is 0.0768. The first kappa shape index (κ1) is 27.5. The molecule has 0 aliphatic heterocycles. The normalized spacial score (nSPS) is 11.9. The number of nitrogens with one attached hydrogen (secondary N) is 2. The Bertz CT molecular complexity index is 939. The van der Waals surface area contributed by atoms with Gasteiger partial charge in [0.1, 0.15) is 5.75 Å². The van der Waals surface area contributed by atoms with E-state index in [-0.39, 0.29) is 10.8 Å². The fraction of sp³-hybridized carbons (Fsp3) is 0.536. The van der Waals surface area contributed by atoms with Crippen molar-refractivity contribution in [1.82, 2.24) is 5.32 Å². The number of thiocarbonyl (C=S) groups is 1. The van der Waals surface area contributed by atoms with Gasteiger partial charge in [0.25, 0.3) is 0 Å². The van der Waals surface area contributed by atoms with Crippen LogP contribution in [-0.4, -0.2) is 18.3 Å². The van der Waals surface area contributed by atoms with Gasteiger partial charge in [-0.1, -0.05) is 71.3 Å². The van der Waals surface area contributed by atoms with Gasteiger partial charge in [-0.15, -0.1) is 0 Å². The first-order valence-corrected chi connectivity index (χ1v) is 12.9. The van der Waals surface area contributed by atoms with Crippen LogP contribution >= 0.6 is 23.8 Å². The third-order valence-electron chi connectivity index (χ3n) is 6.80. The summed E-state index contributed by atoms with van der Waals surface area (Å²) < 4.78 is 6.26. The number of benzene rings is 2. The lowest BCUT2D eigenvalue weighted by Gasteiger charge is -2.30. The van der Waals surface area contributed by atoms with Gasteiger partial charge in [0.15, 0.2) is 5.11 Å². The molecular formula is C28H41ClN2OS. The van der Waals surface area contributed by atoms with E-state index < -0.39 is 0 Å². The van der Waals surface area contributed by atoms with Crippen LogP contribution in [0, 0.1) is 6.92 Å². The summed E-state index contributed by atoms with van der Waals surface area (Å²) in [5, 5.41) is 7.79. The lowest BCUT2D eigenvalue weighted by atomic mass is 9.76. The van der Waals surface area contributed by atoms with Crippen molar-refractivity contribution in [3.8, 4) is 5.75 Å². The summed E-state index contributed by atoms with van der Waals surface area (Å²) in [7, 11) is 0. The quantitative estimate of drug-likeness (QED) is 0.247. The van der Waals surface area contributed by atoms with E-state index in [9.17, 15) is 0 Å². The van der Waals surface area contributed by atoms with Crippen molar-refractivity contribution in [2.24, 2.45) is 0 Å². The third kappa shape index (κ3) is 7.89. The summed E-state index contributed by atoms with van der Waals surface area (Å²) in [6, 6.07) is 12.6. The van der Waals surface area contributed by atoms with Crippen molar-refractivity contribution in [2.75, 3.05) is 18.5 Å². The van der Waals surface area contributed by atoms with Crippen LogP contribution in [0.2, 0.25) is 5.02 Å². The molecule has 0 fully saturated rings. The molecule has 0 bridgehead atoms. The average molecular weight is 489 g/mol. The van der Waals surface area contributed by atoms with Crippen LogP contribution in [0.4, 0.5) is 5.69 Å². The van der Waals surface area contributed by atoms with Gasteiger partial charge in [0.05, 0.1) is 6.61 Å². The molecule has 5 heteroatoms. The number of hydrogen-bond acceptors (Lipinski definition) is 2. The van der Waals surface area contributed by atoms with Gasteiger partial charge in [-0.05, 0) is 85.0 Å². The van der Waals surface area contributed by atoms with Crippen molar-refractivity contribution >= 4 is 34.6 Å². The number of ether oxygens (including phenoxy) is 1. The minimum Gasteiger partial charge on any atom is -0.493 e. The highest BCUT2D eigenvalue weighted by molar-refractivity contribution is 7.80. The zero-order valence-corrected chi connectivity index (χ0v) is 23.0. The molecule has 0 heterocycles. The zero-order valence-electron chi connectivity index (χ0n) is 21.4. The van der Waals surface area contributed by atoms with Gasteiger partial charge in [-0.3, -0.25) is 0 Å². The summed E-state index contributed by atoms with van der Waals surface area (Å²) in [5.74, 6) is 1.01. The van der Waals surface area contributed by atoms with Crippen molar-refractivity contribution in [1.29, 1.82) is 0 Å². The van der Waals surface area contributed by atoms with Crippen LogP contribution in [0.25, 0.3) is 0 Å². The first-order valence-electron chi connectivity index (χ1n) is 12.1. The Balaban J connectivity index is 1.85. The highest BCUT2D eigenvalue weighted by Gasteiger charge is 2.26. The molecule has 0 radical (unpaired) electrons. The maximum atomic E-state index is 6.26. The van der Waals surface area contributed by atoms with E-state index in [0.717, 1.165) is 54.3 Å². The summed E-state index contributed by atoms with van der Waals surface area (Å²) in [4.78, 5) is 0. The molecule has 3 nitrogen and oxygen atoms in total. The second kappa shape index (κ2) is 12.1. The maximum absolute atomic E-state index is 6.26. The lowest BCUT2D eigenvalue weighted by Crippen LogP contribution is -2.29. The Hall–Kier alpha value is -1.78. The Morgan fingerprint density at radius 1 is 0.970 bits per heavy atom. The van der Waals surface area contributed by atoms with Crippen molar-refractivity contribution in [3.63, 3.8) is 0 Å². The molecular weight excluding hydrogens is 448 g/mol. The molecule has 0 saturated heterocycles. The second-order valence-corrected chi connectivity index (χ2v) is 10.9. The van der Waals surface area contributed by atoms with E-state index in [1.807, 2.05) is 25.1 Å². The molecule has 182 valence electrons. The molecule has 0 aliphatic rings. The molecule has 0 aromatic heterocycles. The number of aryl methyl sites for hydroxylation is 1. The first-order chi connectivity index (χ1) is 15.5. The largest absolute Gasteiger partial charge is 0.493 e. The van der Waals surface area contributed by atoms with E-state index in [1.54, 1.807) is 0 Å². The van der Waals surface area contributed by atoms with Crippen LogP contribution in [0.15, 0.2) is 36.4 Å². The summed E-state index contributed by atoms with van der Waals surface area (Å²) in [5.41, 5.74) is 4.88. The Morgan fingerprint density at radius 2 is 1.67 bits per heavy atom. The van der Waals surface area contributed by atoms with Gasteiger partial charge in [-0.2, -0.15) is 0 Å². The highest BCUT2D eigenvalue weighted by Crippen LogP contribution is 2.38. The summed E-state index contributed by atoms with van der Waals surface area (Å²) >= 11 is 11.6. The number of unbranched alkanes of at least 4 members (excludes halogenated alkanes) is 1. The number of rotatable bonds is 11. The molecule has 0 spiro atoms. The average Bonchev–Trinajstić information content (AvgIpc) is 2.78. The molecule has 2 N–H and O–H groups in total. The van der Waals surface area contributed by atoms with Gasteiger partial charge in [0, 0.05) is 22.8 Å². The van der Waals surface area contributed by atoms with Crippen LogP contribution in [0.5, 0.6) is 5.75 Å². The van der Waals surface area contributed by atoms with E-state index in [1.165, 1.54) is 11.1 Å². The number of halogens is 1. The van der Waals surface area contributed by atoms with Gasteiger partial charge in [0.2, 0.25) is 0 Å². The highest BCUT2D eigenvalue weighted by atomic mass is 35.5. The van der Waals surface area contributed by atoms with Crippen LogP contribution in [0.1, 0.15) is 83.9 Å². The van der Waals surface area contributed by atoms with E-state index in [0.29, 0.717) is 11.7 Å². The van der Waals surface area contributed by atoms with E-state index in [2.05, 4.69) is 70.4 Å². The number of anilines is 1. The third-order valence-corrected chi connectivity index (χ3v) is 7.46. The molecule has 0 saturated carbocycles. The number of hydrogen-bond donors (Lipinski definition) is 2. The van der Waals surface area contributed by atoms with Gasteiger partial charge >= 0.3 is 0 Å². The molecule has 2 aromatic rings. The zero-order chi connectivity index (χ0) is 24.6. The molecule has 0 amide bonds. The lowest BCUT2D eigenvalue weighted by molar-refractivity contribution is 0.296. The smallest absolute Gasteiger partial charge is 0.170 e. The predicted octanol–water partition coefficient (Wildman–Crippen LogP) is 8.17. The predicted molar refractivity (Wildman–Crippen MR) is 148 cm³/mol. The Labute approximate surface area is 211 Å². The minimum atomic E-state index is 0.0768. The maximum Gasteiger partial charge on any atom is 0.170 e. The van der Waals surface area contributed by atoms with Gasteiger partial charge in [-0.25, -0.2) is 0 Å². The Kier molecular flexibility index (Phi) is 10.1. The fourth-order valence-electron chi connectivity index (χ4n) is 3.46. The molecule has 0 unspecified atom stereocenters. The molecule has 33 heavy (non-hydrogen) atoms. The summed E-state index contributed by atoms with van der Waals surface area (Å²) in [6.07, 6.45) is 4.11. The summed E-state index contributed by atoms with van der Waals surface area (Å²) in [6.45, 7) is 17.2. The van der Waals surface area contributed by atoms with Crippen LogP contribution < -0.4 is 15.4 Å². The molecule has 2 aromatic carbocycles. The van der Waals surface area contributed by atoms with E-state index >= 15 is 0 Å². The van der Waals surface area contributed by atoms with E-state index in [4.69, 9.17) is 28.6 Å². The topological polar surface area (TPSA) is 33.3 Å². The monoisotopic (exact) mass is 488 g/mol. The molecule has 0 atom stereocenters. The van der Waals surface area contributed by atoms with Crippen molar-refractivity contribution in [3.05, 3.63) is 58.1 Å². The van der Waals surface area contributed by atoms with Crippen molar-refractivity contribution in [2.45, 2.75) is 85.0 Å². The SMILES string of the molecule is CCC(C)(C)c1ccc(OCCCCNC(=S)Nc2ccc(C)c(Cl)c2)c(C(C)(C)CC)c1. The van der Waals surface area contributed by atoms with Gasteiger partial charge < -0.3 is 15.4 Å². The Morgan fingerprint density at radius 3 is 2.30 bits per heavy atom. The molecule has 0 aliphatic carbocycles. The van der Waals surface area contributed by atoms with Crippen LogP contribution in [0.3, 0.4) is 0 Å². The molecule has 2 rings (SSSR count). The second-order valence-electron chi connectivity index (χ2n) is 10.1. The van der Waals surface area contributed by atoms with Crippen LogP contribution in [-0.2, 0) is 10.8 Å². The van der Waals surface area contributed by atoms with Crippen molar-refractivity contribution < 1.29 is 4.74 Å². The standard InChI is InChI=1S/C28H41ClN2OS/c1-8-27(4,5)21-13-15-25(23(18-21)28(6,7)9-2)32-17-11-10-16-30-26(33)31-22-14-12-20(3)24(29)19-22/h12-15,18-19H,8-11,16-17H2,1-7H3,(H2,30,31,33). The fourth-order valence-corrected chi connectivity index (χ4v) is 3.86.